The Morgan fingerprint density at radius 3 is 2.64 bits per heavy atom. The van der Waals surface area contributed by atoms with Crippen LogP contribution < -0.4 is 10.6 Å². The highest BCUT2D eigenvalue weighted by molar-refractivity contribution is 7.10. The number of fused-ring (bicyclic) bond motifs is 1. The van der Waals surface area contributed by atoms with Crippen LogP contribution in [0.2, 0.25) is 0 Å². The van der Waals surface area contributed by atoms with Crippen molar-refractivity contribution in [3.63, 3.8) is 0 Å². The number of thiophene rings is 1. The molecular weight excluding hydrogens is 377 g/mol. The average molecular weight is 395 g/mol. The van der Waals surface area contributed by atoms with Gasteiger partial charge in [-0.2, -0.15) is 0 Å². The van der Waals surface area contributed by atoms with Crippen LogP contribution in [-0.2, 0) is 12.8 Å². The molecule has 5 nitrogen and oxygen atoms in total. The number of aryl methyl sites for hydroxylation is 1. The maximum absolute atomic E-state index is 13.8. The molecule has 2 N–H and O–H groups in total. The van der Waals surface area contributed by atoms with E-state index in [0.717, 1.165) is 31.2 Å². The third kappa shape index (κ3) is 3.80. The number of carbonyl (C=O) groups excluding carboxylic acids is 2. The number of benzene rings is 1. The predicted octanol–water partition coefficient (Wildman–Crippen LogP) is 4.67. The van der Waals surface area contributed by atoms with Gasteiger partial charge < -0.3 is 10.6 Å². The fraction of sp³-hybridized carbons (Fsp3) is 0.190. The van der Waals surface area contributed by atoms with Crippen molar-refractivity contribution in [2.75, 3.05) is 10.6 Å². The number of hydrogen-bond acceptors (Lipinski definition) is 4. The lowest BCUT2D eigenvalue weighted by atomic mass is 9.95. The largest absolute Gasteiger partial charge is 0.320 e. The minimum atomic E-state index is -0.501. The first-order valence-electron chi connectivity index (χ1n) is 9.04. The molecule has 0 spiro atoms. The summed E-state index contributed by atoms with van der Waals surface area (Å²) in [6.07, 6.45) is 5.60. The van der Waals surface area contributed by atoms with Crippen molar-refractivity contribution >= 4 is 34.5 Å². The van der Waals surface area contributed by atoms with Gasteiger partial charge in [-0.3, -0.25) is 14.6 Å². The van der Waals surface area contributed by atoms with Gasteiger partial charge in [0.1, 0.15) is 11.5 Å². The zero-order chi connectivity index (χ0) is 19.5. The van der Waals surface area contributed by atoms with Crippen LogP contribution in [0, 0.1) is 5.82 Å². The van der Waals surface area contributed by atoms with Crippen LogP contribution in [0.3, 0.4) is 0 Å². The standard InChI is InChI=1S/C21H18FN3O2S/c22-13-8-9-16(24-21(27)17-6-3-4-10-23-17)18(11-13)25-20(26)15-12-28-19-7-2-1-5-14(15)19/h3-4,6,8-12H,1-2,5,7H2,(H,24,27)(H,25,26). The fourth-order valence-corrected chi connectivity index (χ4v) is 4.41. The SMILES string of the molecule is O=C(Nc1ccc(F)cc1NC(=O)c1csc2c1CCCC2)c1ccccn1. The van der Waals surface area contributed by atoms with E-state index in [1.54, 1.807) is 29.5 Å². The minimum absolute atomic E-state index is 0.213. The van der Waals surface area contributed by atoms with E-state index in [-0.39, 0.29) is 17.3 Å². The van der Waals surface area contributed by atoms with E-state index in [2.05, 4.69) is 15.6 Å². The van der Waals surface area contributed by atoms with E-state index in [1.165, 1.54) is 29.3 Å². The molecule has 28 heavy (non-hydrogen) atoms. The molecule has 7 heteroatoms. The zero-order valence-corrected chi connectivity index (χ0v) is 15.8. The summed E-state index contributed by atoms with van der Waals surface area (Å²) in [6.45, 7) is 0. The van der Waals surface area contributed by atoms with Gasteiger partial charge in [-0.25, -0.2) is 4.39 Å². The third-order valence-corrected chi connectivity index (χ3v) is 5.77. The molecule has 2 heterocycles. The number of rotatable bonds is 4. The Bertz CT molecular complexity index is 1030. The van der Waals surface area contributed by atoms with E-state index < -0.39 is 11.7 Å². The second kappa shape index (κ2) is 7.90. The summed E-state index contributed by atoms with van der Waals surface area (Å²) in [4.78, 5) is 30.4. The molecule has 2 aromatic heterocycles. The van der Waals surface area contributed by atoms with Crippen LogP contribution in [0.15, 0.2) is 48.0 Å². The lowest BCUT2D eigenvalue weighted by Gasteiger charge is -2.15. The summed E-state index contributed by atoms with van der Waals surface area (Å²) in [5.41, 5.74) is 2.48. The summed E-state index contributed by atoms with van der Waals surface area (Å²) in [5, 5.41) is 7.30. The quantitative estimate of drug-likeness (QED) is 0.675. The molecule has 142 valence electrons. The van der Waals surface area contributed by atoms with Crippen LogP contribution in [0.4, 0.5) is 15.8 Å². The summed E-state index contributed by atoms with van der Waals surface area (Å²) < 4.78 is 13.8. The first kappa shape index (κ1) is 18.3. The third-order valence-electron chi connectivity index (χ3n) is 4.68. The van der Waals surface area contributed by atoms with Gasteiger partial charge in [0.2, 0.25) is 0 Å². The fourth-order valence-electron chi connectivity index (χ4n) is 3.29. The van der Waals surface area contributed by atoms with E-state index >= 15 is 0 Å². The predicted molar refractivity (Wildman–Crippen MR) is 108 cm³/mol. The number of anilines is 2. The molecule has 0 atom stereocenters. The molecule has 2 amide bonds. The highest BCUT2D eigenvalue weighted by Crippen LogP contribution is 2.31. The first-order chi connectivity index (χ1) is 13.6. The Balaban J connectivity index is 1.57. The molecule has 0 saturated carbocycles. The van der Waals surface area contributed by atoms with Crippen molar-refractivity contribution < 1.29 is 14.0 Å². The van der Waals surface area contributed by atoms with Crippen LogP contribution in [0.5, 0.6) is 0 Å². The van der Waals surface area contributed by atoms with Crippen LogP contribution in [0.25, 0.3) is 0 Å². The highest BCUT2D eigenvalue weighted by atomic mass is 32.1. The van der Waals surface area contributed by atoms with Gasteiger partial charge in [-0.1, -0.05) is 6.07 Å². The molecular formula is C21H18FN3O2S. The van der Waals surface area contributed by atoms with E-state index in [9.17, 15) is 14.0 Å². The second-order valence-electron chi connectivity index (χ2n) is 6.57. The highest BCUT2D eigenvalue weighted by Gasteiger charge is 2.21. The molecule has 0 radical (unpaired) electrons. The van der Waals surface area contributed by atoms with Crippen molar-refractivity contribution in [1.29, 1.82) is 0 Å². The Morgan fingerprint density at radius 2 is 1.82 bits per heavy atom. The van der Waals surface area contributed by atoms with Crippen LogP contribution in [-0.4, -0.2) is 16.8 Å². The molecule has 4 rings (SSSR count). The van der Waals surface area contributed by atoms with Crippen LogP contribution in [0.1, 0.15) is 44.1 Å². The van der Waals surface area contributed by atoms with E-state index in [4.69, 9.17) is 0 Å². The molecule has 1 aromatic carbocycles. The van der Waals surface area contributed by atoms with Crippen molar-refractivity contribution in [2.45, 2.75) is 25.7 Å². The smallest absolute Gasteiger partial charge is 0.274 e. The monoisotopic (exact) mass is 395 g/mol. The number of amides is 2. The number of carbonyl (C=O) groups is 2. The van der Waals surface area contributed by atoms with Crippen molar-refractivity contribution in [2.24, 2.45) is 0 Å². The number of halogens is 1. The van der Waals surface area contributed by atoms with Gasteiger partial charge >= 0.3 is 0 Å². The van der Waals surface area contributed by atoms with Gasteiger partial charge in [0.25, 0.3) is 11.8 Å². The lowest BCUT2D eigenvalue weighted by Crippen LogP contribution is -2.18. The average Bonchev–Trinajstić information content (AvgIpc) is 3.15. The molecule has 0 unspecified atom stereocenters. The Kier molecular flexibility index (Phi) is 5.16. The molecule has 3 aromatic rings. The zero-order valence-electron chi connectivity index (χ0n) is 15.0. The Hall–Kier alpha value is -3.06. The molecule has 1 aliphatic carbocycles. The maximum atomic E-state index is 13.8. The molecule has 0 saturated heterocycles. The number of hydrogen-bond donors (Lipinski definition) is 2. The molecule has 0 bridgehead atoms. The number of nitrogens with zero attached hydrogens (tertiary/aromatic N) is 1. The number of nitrogens with one attached hydrogen (secondary N) is 2. The topological polar surface area (TPSA) is 71.1 Å². The van der Waals surface area contributed by atoms with Crippen molar-refractivity contribution in [3.05, 3.63) is 75.5 Å². The lowest BCUT2D eigenvalue weighted by molar-refractivity contribution is 0.101. The number of aromatic nitrogens is 1. The first-order valence-corrected chi connectivity index (χ1v) is 9.92. The summed E-state index contributed by atoms with van der Waals surface area (Å²) in [5.74, 6) is -1.23. The van der Waals surface area contributed by atoms with Crippen molar-refractivity contribution in [3.8, 4) is 0 Å². The Morgan fingerprint density at radius 1 is 1.00 bits per heavy atom. The summed E-state index contributed by atoms with van der Waals surface area (Å²) >= 11 is 1.59. The van der Waals surface area contributed by atoms with Gasteiger partial charge in [0.15, 0.2) is 0 Å². The van der Waals surface area contributed by atoms with E-state index in [1.807, 2.05) is 5.38 Å². The van der Waals surface area contributed by atoms with Gasteiger partial charge in [0.05, 0.1) is 16.9 Å². The van der Waals surface area contributed by atoms with Gasteiger partial charge in [0, 0.05) is 16.5 Å². The normalized spacial score (nSPS) is 12.9. The molecule has 1 aliphatic rings. The van der Waals surface area contributed by atoms with Crippen LogP contribution >= 0.6 is 11.3 Å². The molecule has 0 fully saturated rings. The van der Waals surface area contributed by atoms with Crippen molar-refractivity contribution in [1.82, 2.24) is 4.98 Å². The Labute approximate surface area is 165 Å². The van der Waals surface area contributed by atoms with Gasteiger partial charge in [-0.05, 0) is 61.6 Å². The van der Waals surface area contributed by atoms with E-state index in [0.29, 0.717) is 11.3 Å². The molecule has 0 aliphatic heterocycles. The minimum Gasteiger partial charge on any atom is -0.320 e. The maximum Gasteiger partial charge on any atom is 0.274 e. The summed E-state index contributed by atoms with van der Waals surface area (Å²) in [7, 11) is 0. The number of pyridine rings is 1. The van der Waals surface area contributed by atoms with Gasteiger partial charge in [-0.15, -0.1) is 11.3 Å². The second-order valence-corrected chi connectivity index (χ2v) is 7.54. The summed E-state index contributed by atoms with van der Waals surface area (Å²) in [6, 6.07) is 8.85.